The summed E-state index contributed by atoms with van der Waals surface area (Å²) in [5.41, 5.74) is -0.0593. The topological polar surface area (TPSA) is 198 Å². The Bertz CT molecular complexity index is 1600. The molecule has 1 aromatic carbocycles. The van der Waals surface area contributed by atoms with Crippen molar-refractivity contribution in [2.75, 3.05) is 39.5 Å². The second-order valence-corrected chi connectivity index (χ2v) is 13.6. The monoisotopic (exact) mass is 778 g/mol. The maximum absolute atomic E-state index is 13.7. The van der Waals surface area contributed by atoms with E-state index >= 15 is 0 Å². The summed E-state index contributed by atoms with van der Waals surface area (Å²) in [5, 5.41) is 2.90. The Morgan fingerprint density at radius 1 is 0.660 bits per heavy atom. The lowest BCUT2D eigenvalue weighted by molar-refractivity contribution is -0.152. The number of carbonyl (C=O) groups is 8. The van der Waals surface area contributed by atoms with E-state index in [4.69, 9.17) is 28.4 Å². The van der Waals surface area contributed by atoms with Crippen molar-refractivity contribution < 1.29 is 66.8 Å². The predicted octanol–water partition coefficient (Wildman–Crippen LogP) is 4.03. The fourth-order valence-electron chi connectivity index (χ4n) is 4.59. The number of benzene rings is 1. The number of carbonyl (C=O) groups excluding carboxylic acids is 8. The van der Waals surface area contributed by atoms with Crippen LogP contribution in [0, 0.1) is 0 Å². The first kappa shape index (κ1) is 42.6. The van der Waals surface area contributed by atoms with Crippen LogP contribution in [-0.4, -0.2) is 97.2 Å². The van der Waals surface area contributed by atoms with Crippen LogP contribution in [0.1, 0.15) is 72.1 Å². The first-order valence-electron chi connectivity index (χ1n) is 17.0. The zero-order valence-electron chi connectivity index (χ0n) is 29.8. The SMILES string of the molecule is C=CC(=O)OCCOC(=O)CCC(=O)Oc1ccc(OC(=O)CCC(=O)OCCOC(C)=O)c2c1SC(=C1C(=O)N(CCCC)N(CCCC)C1=O)S2. The van der Waals surface area contributed by atoms with Crippen LogP contribution in [0.2, 0.25) is 0 Å². The van der Waals surface area contributed by atoms with Crippen LogP contribution in [0.15, 0.2) is 44.4 Å². The molecule has 16 nitrogen and oxygen atoms in total. The maximum atomic E-state index is 13.7. The molecule has 2 aliphatic rings. The number of unbranched alkanes of at least 4 members (excludes halogenated alkanes) is 2. The number of amides is 2. The predicted molar refractivity (Wildman–Crippen MR) is 188 cm³/mol. The van der Waals surface area contributed by atoms with E-state index in [1.807, 2.05) is 13.8 Å². The molecule has 0 spiro atoms. The lowest BCUT2D eigenvalue weighted by Crippen LogP contribution is -2.42. The molecule has 53 heavy (non-hydrogen) atoms. The molecule has 1 aromatic rings. The molecule has 0 unspecified atom stereocenters. The molecule has 0 saturated carbocycles. The molecule has 0 N–H and O–H groups in total. The fraction of sp³-hybridized carbons (Fsp3) is 0.486. The Hall–Kier alpha value is -4.84. The van der Waals surface area contributed by atoms with E-state index in [0.29, 0.717) is 40.0 Å². The quantitative estimate of drug-likeness (QED) is 0.0432. The van der Waals surface area contributed by atoms with Crippen molar-refractivity contribution in [2.24, 2.45) is 0 Å². The summed E-state index contributed by atoms with van der Waals surface area (Å²) in [5.74, 6) is -5.10. The Morgan fingerprint density at radius 3 is 1.49 bits per heavy atom. The summed E-state index contributed by atoms with van der Waals surface area (Å²) < 4.78 is 30.8. The minimum absolute atomic E-state index is 0.0301. The van der Waals surface area contributed by atoms with Crippen molar-refractivity contribution in [3.05, 3.63) is 34.6 Å². The molecule has 18 heteroatoms. The molecule has 0 aliphatic carbocycles. The number of nitrogens with zero attached hydrogens (tertiary/aromatic N) is 2. The molecule has 0 aromatic heterocycles. The van der Waals surface area contributed by atoms with Crippen molar-refractivity contribution in [2.45, 2.75) is 81.9 Å². The summed E-state index contributed by atoms with van der Waals surface area (Å²) in [6, 6.07) is 2.74. The van der Waals surface area contributed by atoms with Crippen LogP contribution < -0.4 is 9.47 Å². The third-order valence-corrected chi connectivity index (χ3v) is 9.82. The number of thioether (sulfide) groups is 2. The van der Waals surface area contributed by atoms with E-state index < -0.39 is 47.6 Å². The van der Waals surface area contributed by atoms with Crippen LogP contribution in [0.25, 0.3) is 0 Å². The summed E-state index contributed by atoms with van der Waals surface area (Å²) in [6.07, 6.45) is 2.56. The van der Waals surface area contributed by atoms with Crippen LogP contribution in [0.5, 0.6) is 11.5 Å². The second-order valence-electron chi connectivity index (χ2n) is 11.3. The summed E-state index contributed by atoms with van der Waals surface area (Å²) >= 11 is 2.01. The lowest BCUT2D eigenvalue weighted by atomic mass is 10.3. The molecule has 0 atom stereocenters. The number of esters is 6. The highest BCUT2D eigenvalue weighted by atomic mass is 32.2. The highest BCUT2D eigenvalue weighted by Gasteiger charge is 2.44. The van der Waals surface area contributed by atoms with Crippen molar-refractivity contribution in [1.82, 2.24) is 10.0 Å². The molecule has 2 amide bonds. The molecule has 1 fully saturated rings. The van der Waals surface area contributed by atoms with E-state index in [9.17, 15) is 38.4 Å². The zero-order valence-corrected chi connectivity index (χ0v) is 31.4. The van der Waals surface area contributed by atoms with Gasteiger partial charge in [0.05, 0.1) is 39.7 Å². The first-order valence-corrected chi connectivity index (χ1v) is 18.6. The standard InChI is InChI=1S/C35H42N2O14S2/c1-5-8-16-36-33(44)30(34(45)37(36)17-9-6-2)35-52-31-23(50-28(42)14-12-26(40)48-19-18-46-22(4)38)10-11-24(32(31)53-35)51-29(43)15-13-27(41)49-21-20-47-25(39)7-3/h7,10-11H,3,5-6,8-9,12-21H2,1-2,4H3. The van der Waals surface area contributed by atoms with Crippen LogP contribution in [-0.2, 0) is 57.3 Å². The van der Waals surface area contributed by atoms with Crippen molar-refractivity contribution in [3.8, 4) is 11.5 Å². The lowest BCUT2D eigenvalue weighted by Gasteiger charge is -2.27. The number of hydrogen-bond acceptors (Lipinski definition) is 16. The van der Waals surface area contributed by atoms with Gasteiger partial charge in [0.25, 0.3) is 11.8 Å². The third kappa shape index (κ3) is 13.0. The molecule has 1 saturated heterocycles. The minimum Gasteiger partial charge on any atom is -0.462 e. The first-order chi connectivity index (χ1) is 25.4. The number of fused-ring (bicyclic) bond motifs is 1. The smallest absolute Gasteiger partial charge is 0.330 e. The Morgan fingerprint density at radius 2 is 1.08 bits per heavy atom. The van der Waals surface area contributed by atoms with Gasteiger partial charge in [0.1, 0.15) is 43.5 Å². The van der Waals surface area contributed by atoms with Gasteiger partial charge in [0.15, 0.2) is 0 Å². The van der Waals surface area contributed by atoms with Gasteiger partial charge in [0, 0.05) is 26.1 Å². The van der Waals surface area contributed by atoms with Crippen LogP contribution in [0.3, 0.4) is 0 Å². The molecule has 0 radical (unpaired) electrons. The Balaban J connectivity index is 1.79. The Kier molecular flexibility index (Phi) is 17.4. The molecule has 0 bridgehead atoms. The van der Waals surface area contributed by atoms with Crippen LogP contribution >= 0.6 is 23.5 Å². The van der Waals surface area contributed by atoms with Crippen LogP contribution in [0.4, 0.5) is 0 Å². The summed E-state index contributed by atoms with van der Waals surface area (Å²) in [6.45, 7) is 8.43. The zero-order chi connectivity index (χ0) is 38.9. The third-order valence-electron chi connectivity index (χ3n) is 7.19. The maximum Gasteiger partial charge on any atom is 0.330 e. The number of ether oxygens (including phenoxy) is 6. The number of rotatable bonds is 21. The van der Waals surface area contributed by atoms with Gasteiger partial charge in [-0.3, -0.25) is 33.6 Å². The molecule has 288 valence electrons. The summed E-state index contributed by atoms with van der Waals surface area (Å²) in [7, 11) is 0. The average molecular weight is 779 g/mol. The van der Waals surface area contributed by atoms with Gasteiger partial charge in [-0.2, -0.15) is 0 Å². The van der Waals surface area contributed by atoms with Gasteiger partial charge in [-0.25, -0.2) is 14.8 Å². The van der Waals surface area contributed by atoms with E-state index in [0.717, 1.165) is 42.4 Å². The minimum atomic E-state index is -0.796. The average Bonchev–Trinajstić information content (AvgIpc) is 3.67. The fourth-order valence-corrected chi connectivity index (χ4v) is 7.24. The van der Waals surface area contributed by atoms with Gasteiger partial charge in [0.2, 0.25) is 0 Å². The molecular weight excluding hydrogens is 737 g/mol. The number of hydrazine groups is 1. The van der Waals surface area contributed by atoms with Crippen molar-refractivity contribution >= 4 is 71.2 Å². The summed E-state index contributed by atoms with van der Waals surface area (Å²) in [4.78, 5) is 99.7. The van der Waals surface area contributed by atoms with Crippen molar-refractivity contribution in [1.29, 1.82) is 0 Å². The van der Waals surface area contributed by atoms with Gasteiger partial charge in [-0.05, 0) is 25.0 Å². The normalized spacial score (nSPS) is 13.4. The van der Waals surface area contributed by atoms with Gasteiger partial charge >= 0.3 is 35.8 Å². The molecule has 2 aliphatic heterocycles. The molecule has 2 heterocycles. The van der Waals surface area contributed by atoms with E-state index in [1.54, 1.807) is 0 Å². The molecule has 3 rings (SSSR count). The van der Waals surface area contributed by atoms with E-state index in [1.165, 1.54) is 29.1 Å². The van der Waals surface area contributed by atoms with Gasteiger partial charge in [-0.1, -0.05) is 56.8 Å². The van der Waals surface area contributed by atoms with Gasteiger partial charge in [-0.15, -0.1) is 0 Å². The second kappa shape index (κ2) is 21.6. The number of hydrogen-bond donors (Lipinski definition) is 0. The largest absolute Gasteiger partial charge is 0.462 e. The Labute approximate surface area is 314 Å². The highest BCUT2D eigenvalue weighted by Crippen LogP contribution is 2.59. The highest BCUT2D eigenvalue weighted by molar-refractivity contribution is 8.25. The van der Waals surface area contributed by atoms with E-state index in [2.05, 4.69) is 6.58 Å². The van der Waals surface area contributed by atoms with Crippen molar-refractivity contribution in [3.63, 3.8) is 0 Å². The van der Waals surface area contributed by atoms with Gasteiger partial charge < -0.3 is 28.4 Å². The molecular formula is C35H42N2O14S2. The van der Waals surface area contributed by atoms with E-state index in [-0.39, 0.29) is 69.2 Å².